The predicted molar refractivity (Wildman–Crippen MR) is 87.4 cm³/mol. The zero-order chi connectivity index (χ0) is 17.2. The maximum absolute atomic E-state index is 12.4. The van der Waals surface area contributed by atoms with E-state index < -0.39 is 4.92 Å². The van der Waals surface area contributed by atoms with E-state index in [0.29, 0.717) is 22.9 Å². The summed E-state index contributed by atoms with van der Waals surface area (Å²) in [6.45, 7) is 5.91. The molecule has 3 N–H and O–H groups in total. The topological polar surface area (TPSA) is 108 Å². The van der Waals surface area contributed by atoms with Gasteiger partial charge in [-0.3, -0.25) is 14.9 Å². The van der Waals surface area contributed by atoms with E-state index >= 15 is 0 Å². The third-order valence-corrected chi connectivity index (χ3v) is 3.54. The number of aliphatic hydroxyl groups is 1. The normalized spacial score (nSPS) is 13.0. The van der Waals surface area contributed by atoms with Gasteiger partial charge in [-0.05, 0) is 17.9 Å². The van der Waals surface area contributed by atoms with E-state index in [1.165, 1.54) is 18.3 Å². The number of aromatic amines is 1. The molecule has 0 saturated carbocycles. The first-order chi connectivity index (χ1) is 10.7. The van der Waals surface area contributed by atoms with Crippen molar-refractivity contribution in [2.75, 3.05) is 6.61 Å². The summed E-state index contributed by atoms with van der Waals surface area (Å²) >= 11 is 0. The number of amides is 1. The molecule has 1 atom stereocenters. The number of hydrogen-bond donors (Lipinski definition) is 3. The fraction of sp³-hybridized carbons (Fsp3) is 0.438. The average molecular weight is 319 g/mol. The van der Waals surface area contributed by atoms with Gasteiger partial charge in [-0.15, -0.1) is 0 Å². The van der Waals surface area contributed by atoms with E-state index in [2.05, 4.69) is 10.3 Å². The van der Waals surface area contributed by atoms with Crippen LogP contribution in [-0.4, -0.2) is 33.6 Å². The standard InChI is InChI=1S/C16H21N3O4/c1-16(2,3)7-10(9-20)18-15(21)13-8-17-14-5-4-11(19(22)23)6-12(13)14/h4-6,8,10,17,20H,7,9H2,1-3H3,(H,18,21). The molecule has 0 saturated heterocycles. The third kappa shape index (κ3) is 4.07. The molecule has 0 radical (unpaired) electrons. The van der Waals surface area contributed by atoms with Crippen molar-refractivity contribution in [1.82, 2.24) is 10.3 Å². The van der Waals surface area contributed by atoms with E-state index in [4.69, 9.17) is 0 Å². The zero-order valence-electron chi connectivity index (χ0n) is 13.4. The molecule has 1 unspecified atom stereocenters. The number of rotatable bonds is 5. The van der Waals surface area contributed by atoms with Gasteiger partial charge in [-0.1, -0.05) is 20.8 Å². The van der Waals surface area contributed by atoms with Crippen LogP contribution in [0.4, 0.5) is 5.69 Å². The fourth-order valence-electron chi connectivity index (χ4n) is 2.57. The summed E-state index contributed by atoms with van der Waals surface area (Å²) in [4.78, 5) is 25.8. The molecule has 7 nitrogen and oxygen atoms in total. The number of fused-ring (bicyclic) bond motifs is 1. The Morgan fingerprint density at radius 2 is 2.13 bits per heavy atom. The lowest BCUT2D eigenvalue weighted by Crippen LogP contribution is -2.39. The van der Waals surface area contributed by atoms with Crippen LogP contribution in [0.2, 0.25) is 0 Å². The van der Waals surface area contributed by atoms with Crippen molar-refractivity contribution in [3.63, 3.8) is 0 Å². The van der Waals surface area contributed by atoms with E-state index in [9.17, 15) is 20.0 Å². The van der Waals surface area contributed by atoms with Crippen LogP contribution in [0.5, 0.6) is 0 Å². The first-order valence-corrected chi connectivity index (χ1v) is 7.38. The molecule has 1 heterocycles. The molecule has 2 rings (SSSR count). The highest BCUT2D eigenvalue weighted by Gasteiger charge is 2.22. The second kappa shape index (κ2) is 6.37. The van der Waals surface area contributed by atoms with Gasteiger partial charge in [0.15, 0.2) is 0 Å². The number of nitrogens with one attached hydrogen (secondary N) is 2. The Balaban J connectivity index is 2.26. The Labute approximate surface area is 133 Å². The van der Waals surface area contributed by atoms with Gasteiger partial charge >= 0.3 is 0 Å². The highest BCUT2D eigenvalue weighted by molar-refractivity contribution is 6.07. The molecule has 1 aromatic heterocycles. The molecule has 0 aliphatic carbocycles. The van der Waals surface area contributed by atoms with E-state index in [1.807, 2.05) is 20.8 Å². The highest BCUT2D eigenvalue weighted by Crippen LogP contribution is 2.25. The van der Waals surface area contributed by atoms with Crippen molar-refractivity contribution < 1.29 is 14.8 Å². The second-order valence-corrected chi connectivity index (χ2v) is 6.81. The number of nitro groups is 1. The second-order valence-electron chi connectivity index (χ2n) is 6.81. The van der Waals surface area contributed by atoms with Crippen LogP contribution in [0.25, 0.3) is 10.9 Å². The molecule has 1 amide bonds. The smallest absolute Gasteiger partial charge is 0.270 e. The predicted octanol–water partition coefficient (Wildman–Crippen LogP) is 2.60. The highest BCUT2D eigenvalue weighted by atomic mass is 16.6. The molecule has 0 aliphatic heterocycles. The molecule has 0 fully saturated rings. The number of H-pyrrole nitrogens is 1. The van der Waals surface area contributed by atoms with Crippen molar-refractivity contribution in [3.05, 3.63) is 40.1 Å². The Morgan fingerprint density at radius 1 is 1.43 bits per heavy atom. The first-order valence-electron chi connectivity index (χ1n) is 7.38. The average Bonchev–Trinajstić information content (AvgIpc) is 2.87. The zero-order valence-corrected chi connectivity index (χ0v) is 13.4. The van der Waals surface area contributed by atoms with Crippen LogP contribution in [-0.2, 0) is 0 Å². The minimum atomic E-state index is -0.496. The number of aliphatic hydroxyl groups excluding tert-OH is 1. The molecular formula is C16H21N3O4. The molecule has 23 heavy (non-hydrogen) atoms. The van der Waals surface area contributed by atoms with Crippen molar-refractivity contribution in [2.45, 2.75) is 33.2 Å². The van der Waals surface area contributed by atoms with Crippen LogP contribution in [0.1, 0.15) is 37.6 Å². The van der Waals surface area contributed by atoms with Gasteiger partial charge in [-0.25, -0.2) is 0 Å². The molecule has 1 aromatic carbocycles. The molecule has 124 valence electrons. The third-order valence-electron chi connectivity index (χ3n) is 3.54. The quantitative estimate of drug-likeness (QED) is 0.581. The van der Waals surface area contributed by atoms with E-state index in [0.717, 1.165) is 0 Å². The summed E-state index contributed by atoms with van der Waals surface area (Å²) in [5.41, 5.74) is 0.868. The van der Waals surface area contributed by atoms with Crippen LogP contribution in [0.15, 0.2) is 24.4 Å². The van der Waals surface area contributed by atoms with Gasteiger partial charge < -0.3 is 15.4 Å². The number of non-ortho nitro benzene ring substituents is 1. The summed E-state index contributed by atoms with van der Waals surface area (Å²) in [6, 6.07) is 3.96. The van der Waals surface area contributed by atoms with Gasteiger partial charge in [0, 0.05) is 29.2 Å². The van der Waals surface area contributed by atoms with Gasteiger partial charge in [0.05, 0.1) is 23.1 Å². The van der Waals surface area contributed by atoms with Crippen LogP contribution in [0, 0.1) is 15.5 Å². The van der Waals surface area contributed by atoms with E-state index in [-0.39, 0.29) is 29.7 Å². The van der Waals surface area contributed by atoms with Crippen molar-refractivity contribution in [2.24, 2.45) is 5.41 Å². The Hall–Kier alpha value is -2.41. The Bertz CT molecular complexity index is 730. The lowest BCUT2D eigenvalue weighted by molar-refractivity contribution is -0.384. The van der Waals surface area contributed by atoms with Crippen molar-refractivity contribution in [1.29, 1.82) is 0 Å². The van der Waals surface area contributed by atoms with E-state index in [1.54, 1.807) is 6.07 Å². The minimum Gasteiger partial charge on any atom is -0.394 e. The maximum Gasteiger partial charge on any atom is 0.270 e. The van der Waals surface area contributed by atoms with Crippen LogP contribution < -0.4 is 5.32 Å². The maximum atomic E-state index is 12.4. The number of carbonyl (C=O) groups is 1. The Kier molecular flexibility index (Phi) is 4.70. The van der Waals surface area contributed by atoms with Crippen molar-refractivity contribution >= 4 is 22.5 Å². The summed E-state index contributed by atoms with van der Waals surface area (Å²) in [7, 11) is 0. The minimum absolute atomic E-state index is 0.0420. The largest absolute Gasteiger partial charge is 0.394 e. The van der Waals surface area contributed by atoms with Gasteiger partial charge in [0.1, 0.15) is 0 Å². The number of nitro benzene ring substituents is 1. The fourth-order valence-corrected chi connectivity index (χ4v) is 2.57. The van der Waals surface area contributed by atoms with Crippen LogP contribution in [0.3, 0.4) is 0 Å². The SMILES string of the molecule is CC(C)(C)CC(CO)NC(=O)c1c[nH]c2ccc([N+](=O)[O-])cc12. The molecular weight excluding hydrogens is 298 g/mol. The monoisotopic (exact) mass is 319 g/mol. The summed E-state index contributed by atoms with van der Waals surface area (Å²) in [6.07, 6.45) is 2.15. The van der Waals surface area contributed by atoms with Gasteiger partial charge in [0.25, 0.3) is 11.6 Å². The number of carbonyl (C=O) groups excluding carboxylic acids is 1. The molecule has 0 bridgehead atoms. The molecule has 0 aliphatic rings. The molecule has 0 spiro atoms. The first kappa shape index (κ1) is 17.0. The number of aromatic nitrogens is 1. The lowest BCUT2D eigenvalue weighted by atomic mass is 9.88. The summed E-state index contributed by atoms with van der Waals surface area (Å²) in [5.74, 6) is -0.361. The van der Waals surface area contributed by atoms with Crippen LogP contribution >= 0.6 is 0 Å². The Morgan fingerprint density at radius 3 is 2.70 bits per heavy atom. The number of benzene rings is 1. The molecule has 2 aromatic rings. The lowest BCUT2D eigenvalue weighted by Gasteiger charge is -2.25. The number of nitrogens with zero attached hydrogens (tertiary/aromatic N) is 1. The molecule has 7 heteroatoms. The number of hydrogen-bond acceptors (Lipinski definition) is 4. The summed E-state index contributed by atoms with van der Waals surface area (Å²) < 4.78 is 0. The summed E-state index contributed by atoms with van der Waals surface area (Å²) in [5, 5.41) is 23.6. The van der Waals surface area contributed by atoms with Gasteiger partial charge in [-0.2, -0.15) is 0 Å². The van der Waals surface area contributed by atoms with Gasteiger partial charge in [0.2, 0.25) is 0 Å². The van der Waals surface area contributed by atoms with Crippen molar-refractivity contribution in [3.8, 4) is 0 Å².